The molecule has 5 nitrogen and oxygen atoms in total. The summed E-state index contributed by atoms with van der Waals surface area (Å²) in [7, 11) is 1.57. The Balaban J connectivity index is 0.000000342. The van der Waals surface area contributed by atoms with E-state index in [1.54, 1.807) is 7.05 Å². The first kappa shape index (κ1) is 20.3. The normalized spacial score (nSPS) is 14.3. The molecule has 0 aliphatic carbocycles. The molecule has 26 heavy (non-hydrogen) atoms. The topological polar surface area (TPSA) is 56.1 Å². The van der Waals surface area contributed by atoms with E-state index in [4.69, 9.17) is 16.3 Å². The number of hydrogen-bond acceptors (Lipinski definition) is 4. The van der Waals surface area contributed by atoms with E-state index in [9.17, 15) is 18.0 Å². The lowest BCUT2D eigenvalue weighted by atomic mass is 10.2. The zero-order chi connectivity index (χ0) is 19.2. The highest BCUT2D eigenvalue weighted by Crippen LogP contribution is 2.29. The fraction of sp³-hybridized carbons (Fsp3) is 0.412. The van der Waals surface area contributed by atoms with Gasteiger partial charge in [-0.15, -0.1) is 0 Å². The second kappa shape index (κ2) is 9.05. The Hall–Kier alpha value is -2.06. The number of alkyl halides is 3. The van der Waals surface area contributed by atoms with Crippen LogP contribution in [0, 0.1) is 0 Å². The van der Waals surface area contributed by atoms with Crippen LogP contribution >= 0.6 is 11.6 Å². The fourth-order valence-corrected chi connectivity index (χ4v) is 2.49. The van der Waals surface area contributed by atoms with Crippen LogP contribution in [0.2, 0.25) is 5.02 Å². The molecular weight excluding hydrogens is 371 g/mol. The number of hydrogen-bond donors (Lipinski definition) is 1. The van der Waals surface area contributed by atoms with E-state index < -0.39 is 17.3 Å². The maximum absolute atomic E-state index is 12.5. The zero-order valence-electron chi connectivity index (χ0n) is 14.1. The van der Waals surface area contributed by atoms with E-state index in [0.29, 0.717) is 5.69 Å². The molecule has 2 heterocycles. The van der Waals surface area contributed by atoms with Gasteiger partial charge in [0.1, 0.15) is 5.02 Å². The van der Waals surface area contributed by atoms with Crippen molar-refractivity contribution >= 4 is 17.3 Å². The molecule has 1 fully saturated rings. The maximum Gasteiger partial charge on any atom is 0.416 e. The molecule has 1 aliphatic rings. The van der Waals surface area contributed by atoms with Crippen molar-refractivity contribution in [2.75, 3.05) is 25.6 Å². The Bertz CT molecular complexity index is 761. The van der Waals surface area contributed by atoms with Crippen LogP contribution in [0.1, 0.15) is 24.8 Å². The van der Waals surface area contributed by atoms with Gasteiger partial charge in [0.2, 0.25) is 0 Å². The standard InChI is InChI=1S/C12H9ClF3N3O.C5H10O/c1-17-9-6-18-19(11(20)10(9)13)8-4-2-7(3-5-8)12(14,15)16;1-2-4-6-5-3-1/h2-6,17H,1H3;1-5H2. The third-order valence-corrected chi connectivity index (χ3v) is 4.07. The first-order chi connectivity index (χ1) is 12.3. The summed E-state index contributed by atoms with van der Waals surface area (Å²) in [6.07, 6.45) is 0.825. The van der Waals surface area contributed by atoms with E-state index in [2.05, 4.69) is 10.4 Å². The molecule has 0 radical (unpaired) electrons. The lowest BCUT2D eigenvalue weighted by Crippen LogP contribution is -2.22. The van der Waals surface area contributed by atoms with Crippen molar-refractivity contribution in [3.05, 3.63) is 51.4 Å². The highest BCUT2D eigenvalue weighted by Gasteiger charge is 2.30. The van der Waals surface area contributed by atoms with E-state index in [-0.39, 0.29) is 10.7 Å². The number of nitrogens with one attached hydrogen (secondary N) is 1. The smallest absolute Gasteiger partial charge is 0.385 e. The molecule has 2 aromatic rings. The minimum atomic E-state index is -4.43. The predicted octanol–water partition coefficient (Wildman–Crippen LogP) is 4.13. The third kappa shape index (κ3) is 5.22. The van der Waals surface area contributed by atoms with Gasteiger partial charge in [0.25, 0.3) is 5.56 Å². The third-order valence-electron chi connectivity index (χ3n) is 3.70. The first-order valence-corrected chi connectivity index (χ1v) is 8.43. The summed E-state index contributed by atoms with van der Waals surface area (Å²) in [5, 5.41) is 6.45. The van der Waals surface area contributed by atoms with E-state index >= 15 is 0 Å². The molecule has 0 unspecified atom stereocenters. The number of nitrogens with zero attached hydrogens (tertiary/aromatic N) is 2. The summed E-state index contributed by atoms with van der Waals surface area (Å²) in [5.74, 6) is 0. The van der Waals surface area contributed by atoms with Crippen LogP contribution in [0.5, 0.6) is 0 Å². The molecule has 9 heteroatoms. The number of benzene rings is 1. The molecule has 0 saturated carbocycles. The maximum atomic E-state index is 12.5. The van der Waals surface area contributed by atoms with Crippen molar-refractivity contribution in [3.63, 3.8) is 0 Å². The molecule has 0 bridgehead atoms. The van der Waals surface area contributed by atoms with Gasteiger partial charge in [-0.1, -0.05) is 11.6 Å². The molecule has 142 valence electrons. The predicted molar refractivity (Wildman–Crippen MR) is 94.1 cm³/mol. The minimum Gasteiger partial charge on any atom is -0.385 e. The van der Waals surface area contributed by atoms with Crippen molar-refractivity contribution in [2.45, 2.75) is 25.4 Å². The largest absolute Gasteiger partial charge is 0.416 e. The first-order valence-electron chi connectivity index (χ1n) is 8.05. The van der Waals surface area contributed by atoms with E-state index in [1.807, 2.05) is 0 Å². The summed E-state index contributed by atoms with van der Waals surface area (Å²) in [4.78, 5) is 11.9. The van der Waals surface area contributed by atoms with Gasteiger partial charge in [0.15, 0.2) is 0 Å². The minimum absolute atomic E-state index is 0.0811. The van der Waals surface area contributed by atoms with Gasteiger partial charge < -0.3 is 10.1 Å². The number of aromatic nitrogens is 2. The van der Waals surface area contributed by atoms with Crippen molar-refractivity contribution in [1.29, 1.82) is 0 Å². The Labute approximate surface area is 153 Å². The summed E-state index contributed by atoms with van der Waals surface area (Å²) < 4.78 is 43.4. The monoisotopic (exact) mass is 389 g/mol. The van der Waals surface area contributed by atoms with Crippen LogP contribution in [0.3, 0.4) is 0 Å². The molecule has 0 atom stereocenters. The Kier molecular flexibility index (Phi) is 7.05. The SMILES string of the molecule is C1CCOCC1.CNc1cnn(-c2ccc(C(F)(F)F)cc2)c(=O)c1Cl. The highest BCUT2D eigenvalue weighted by atomic mass is 35.5. The summed E-state index contributed by atoms with van der Waals surface area (Å²) in [6, 6.07) is 4.08. The molecule has 1 saturated heterocycles. The average Bonchev–Trinajstić information content (AvgIpc) is 2.65. The Morgan fingerprint density at radius 3 is 2.19 bits per heavy atom. The van der Waals surface area contributed by atoms with Gasteiger partial charge in [-0.2, -0.15) is 23.0 Å². The van der Waals surface area contributed by atoms with Crippen molar-refractivity contribution in [1.82, 2.24) is 9.78 Å². The van der Waals surface area contributed by atoms with Crippen LogP contribution in [-0.4, -0.2) is 30.0 Å². The highest BCUT2D eigenvalue weighted by molar-refractivity contribution is 6.32. The number of halogens is 4. The molecule has 3 rings (SSSR count). The van der Waals surface area contributed by atoms with Crippen LogP contribution in [0.15, 0.2) is 35.3 Å². The van der Waals surface area contributed by atoms with Crippen molar-refractivity contribution in [3.8, 4) is 5.69 Å². The molecule has 0 amide bonds. The summed E-state index contributed by atoms with van der Waals surface area (Å²) in [5.41, 5.74) is -0.863. The van der Waals surface area contributed by atoms with Crippen LogP contribution in [0.25, 0.3) is 5.69 Å². The van der Waals surface area contributed by atoms with Crippen molar-refractivity contribution in [2.24, 2.45) is 0 Å². The van der Waals surface area contributed by atoms with Gasteiger partial charge in [0, 0.05) is 20.3 Å². The van der Waals surface area contributed by atoms with Gasteiger partial charge >= 0.3 is 6.18 Å². The lowest BCUT2D eigenvalue weighted by molar-refractivity contribution is -0.137. The molecule has 0 spiro atoms. The van der Waals surface area contributed by atoms with E-state index in [0.717, 1.165) is 42.2 Å². The molecule has 1 aromatic heterocycles. The van der Waals surface area contributed by atoms with Crippen LogP contribution in [0.4, 0.5) is 18.9 Å². The second-order valence-corrected chi connectivity index (χ2v) is 5.93. The van der Waals surface area contributed by atoms with Gasteiger partial charge in [-0.25, -0.2) is 0 Å². The average molecular weight is 390 g/mol. The summed E-state index contributed by atoms with van der Waals surface area (Å²) >= 11 is 5.84. The molecule has 1 N–H and O–H groups in total. The molecule has 1 aromatic carbocycles. The second-order valence-electron chi connectivity index (χ2n) is 5.56. The van der Waals surface area contributed by atoms with E-state index in [1.165, 1.54) is 25.5 Å². The zero-order valence-corrected chi connectivity index (χ0v) is 14.9. The molecular formula is C17H19ClF3N3O2. The fourth-order valence-electron chi connectivity index (χ4n) is 2.27. The van der Waals surface area contributed by atoms with Crippen molar-refractivity contribution < 1.29 is 17.9 Å². The number of rotatable bonds is 2. The van der Waals surface area contributed by atoms with Gasteiger partial charge in [-0.3, -0.25) is 4.79 Å². The lowest BCUT2D eigenvalue weighted by Gasteiger charge is -2.10. The van der Waals surface area contributed by atoms with Gasteiger partial charge in [0.05, 0.1) is 23.1 Å². The van der Waals surface area contributed by atoms with Crippen LogP contribution < -0.4 is 10.9 Å². The summed E-state index contributed by atoms with van der Waals surface area (Å²) in [6.45, 7) is 2.00. The number of anilines is 1. The van der Waals surface area contributed by atoms with Crippen LogP contribution in [-0.2, 0) is 10.9 Å². The Morgan fingerprint density at radius 1 is 1.15 bits per heavy atom. The number of ether oxygens (including phenoxy) is 1. The van der Waals surface area contributed by atoms with Gasteiger partial charge in [-0.05, 0) is 43.5 Å². The Morgan fingerprint density at radius 2 is 1.77 bits per heavy atom. The molecule has 1 aliphatic heterocycles. The quantitative estimate of drug-likeness (QED) is 0.839.